The van der Waals surface area contributed by atoms with Gasteiger partial charge in [0, 0.05) is 16.7 Å². The molecular weight excluding hydrogens is 570 g/mol. The van der Waals surface area contributed by atoms with Crippen LogP contribution in [0.25, 0.3) is 11.4 Å². The van der Waals surface area contributed by atoms with Crippen molar-refractivity contribution in [1.29, 1.82) is 0 Å². The number of hydrogen-bond donors (Lipinski definition) is 2. The van der Waals surface area contributed by atoms with Crippen LogP contribution in [0.2, 0.25) is 0 Å². The lowest BCUT2D eigenvalue weighted by atomic mass is 10.0. The number of rotatable bonds is 19. The molecule has 0 aliphatic carbocycles. The molecule has 7 nitrogen and oxygen atoms in total. The Bertz CT molecular complexity index is 1430. The molecule has 0 bridgehead atoms. The Morgan fingerprint density at radius 2 is 0.978 bits per heavy atom. The molecule has 1 heterocycles. The van der Waals surface area contributed by atoms with Gasteiger partial charge in [0.2, 0.25) is 11.9 Å². The normalized spacial score (nSPS) is 10.9. The molecule has 0 aliphatic rings. The van der Waals surface area contributed by atoms with E-state index in [0.717, 1.165) is 42.4 Å². The fourth-order valence-corrected chi connectivity index (χ4v) is 5.51. The molecule has 46 heavy (non-hydrogen) atoms. The number of amides is 2. The molecule has 2 N–H and O–H groups in total. The van der Waals surface area contributed by atoms with Crippen LogP contribution in [0.3, 0.4) is 0 Å². The van der Waals surface area contributed by atoms with Gasteiger partial charge in [-0.3, -0.25) is 20.2 Å². The van der Waals surface area contributed by atoms with Gasteiger partial charge in [-0.15, -0.1) is 0 Å². The lowest BCUT2D eigenvalue weighted by Crippen LogP contribution is -2.19. The Morgan fingerprint density at radius 3 is 1.46 bits per heavy atom. The van der Waals surface area contributed by atoms with Crippen molar-refractivity contribution in [2.75, 3.05) is 10.6 Å². The summed E-state index contributed by atoms with van der Waals surface area (Å²) < 4.78 is 0. The zero-order chi connectivity index (χ0) is 32.4. The van der Waals surface area contributed by atoms with Crippen LogP contribution in [-0.2, 0) is 12.8 Å². The number of benzene rings is 3. The van der Waals surface area contributed by atoms with Crippen molar-refractivity contribution < 1.29 is 9.59 Å². The molecule has 0 radical (unpaired) electrons. The number of nitrogens with one attached hydrogen (secondary N) is 2. The van der Waals surface area contributed by atoms with Crippen molar-refractivity contribution in [2.24, 2.45) is 0 Å². The Balaban J connectivity index is 1.44. The van der Waals surface area contributed by atoms with E-state index in [-0.39, 0.29) is 23.7 Å². The Morgan fingerprint density at radius 1 is 0.522 bits per heavy atom. The summed E-state index contributed by atoms with van der Waals surface area (Å²) in [6.07, 6.45) is 16.6. The largest absolute Gasteiger partial charge is 0.290 e. The molecule has 0 saturated heterocycles. The number of anilines is 2. The van der Waals surface area contributed by atoms with Gasteiger partial charge >= 0.3 is 0 Å². The number of hydrogen-bond acceptors (Lipinski definition) is 5. The second-order valence-electron chi connectivity index (χ2n) is 12.0. The monoisotopic (exact) mass is 619 g/mol. The predicted octanol–water partition coefficient (Wildman–Crippen LogP) is 9.85. The maximum absolute atomic E-state index is 13.3. The quantitative estimate of drug-likeness (QED) is 0.102. The number of carbonyl (C=O) groups excluding carboxylic acids is 2. The topological polar surface area (TPSA) is 96.9 Å². The highest BCUT2D eigenvalue weighted by molar-refractivity contribution is 6.05. The predicted molar refractivity (Wildman–Crippen MR) is 188 cm³/mol. The number of unbranched alkanes of at least 4 members (excludes halogenated alkanes) is 10. The van der Waals surface area contributed by atoms with E-state index >= 15 is 0 Å². The lowest BCUT2D eigenvalue weighted by Gasteiger charge is -2.11. The zero-order valence-electron chi connectivity index (χ0n) is 27.6. The molecule has 4 rings (SSSR count). The number of nitrogens with zero attached hydrogens (tertiary/aromatic N) is 3. The highest BCUT2D eigenvalue weighted by Crippen LogP contribution is 2.20. The van der Waals surface area contributed by atoms with Crippen molar-refractivity contribution in [2.45, 2.75) is 104 Å². The molecule has 4 aromatic rings. The van der Waals surface area contributed by atoms with Crippen LogP contribution in [0.15, 0.2) is 78.9 Å². The summed E-state index contributed by atoms with van der Waals surface area (Å²) in [6.45, 7) is 4.45. The molecule has 0 unspecified atom stereocenters. The highest BCUT2D eigenvalue weighted by atomic mass is 16.2. The van der Waals surface area contributed by atoms with E-state index in [1.807, 2.05) is 54.6 Å². The first kappa shape index (κ1) is 34.5. The van der Waals surface area contributed by atoms with Gasteiger partial charge in [0.1, 0.15) is 0 Å². The van der Waals surface area contributed by atoms with Gasteiger partial charge in [0.25, 0.3) is 11.8 Å². The molecular formula is C39H49N5O2. The molecule has 0 fully saturated rings. The second-order valence-corrected chi connectivity index (χ2v) is 12.0. The summed E-state index contributed by atoms with van der Waals surface area (Å²) in [5.41, 5.74) is 4.10. The summed E-state index contributed by atoms with van der Waals surface area (Å²) in [6, 6.07) is 24.8. The van der Waals surface area contributed by atoms with E-state index < -0.39 is 0 Å². The Labute approximate surface area is 274 Å². The van der Waals surface area contributed by atoms with Gasteiger partial charge in [0.05, 0.1) is 0 Å². The molecule has 3 aromatic carbocycles. The van der Waals surface area contributed by atoms with Crippen LogP contribution in [-0.4, -0.2) is 26.8 Å². The van der Waals surface area contributed by atoms with Gasteiger partial charge in [-0.2, -0.15) is 15.0 Å². The molecule has 0 atom stereocenters. The Kier molecular flexibility index (Phi) is 14.4. The minimum absolute atomic E-state index is 0.0762. The van der Waals surface area contributed by atoms with E-state index in [1.54, 1.807) is 12.1 Å². The molecule has 7 heteroatoms. The molecule has 0 saturated carbocycles. The minimum atomic E-state index is -0.310. The van der Waals surface area contributed by atoms with Gasteiger partial charge in [-0.25, -0.2) is 0 Å². The fraction of sp³-hybridized carbons (Fsp3) is 0.410. The van der Waals surface area contributed by atoms with Gasteiger partial charge < -0.3 is 0 Å². The van der Waals surface area contributed by atoms with Crippen molar-refractivity contribution in [3.63, 3.8) is 0 Å². The fourth-order valence-electron chi connectivity index (χ4n) is 5.51. The molecule has 0 spiro atoms. The van der Waals surface area contributed by atoms with Gasteiger partial charge in [0.15, 0.2) is 5.82 Å². The smallest absolute Gasteiger partial charge is 0.258 e. The first-order chi connectivity index (χ1) is 22.6. The van der Waals surface area contributed by atoms with Crippen molar-refractivity contribution >= 4 is 23.7 Å². The van der Waals surface area contributed by atoms with Gasteiger partial charge in [-0.1, -0.05) is 133 Å². The van der Waals surface area contributed by atoms with Crippen LogP contribution in [0, 0.1) is 0 Å². The third-order valence-electron chi connectivity index (χ3n) is 8.13. The van der Waals surface area contributed by atoms with Crippen LogP contribution in [0.4, 0.5) is 11.9 Å². The zero-order valence-corrected chi connectivity index (χ0v) is 27.6. The lowest BCUT2D eigenvalue weighted by molar-refractivity contribution is 0.101. The summed E-state index contributed by atoms with van der Waals surface area (Å²) in [5.74, 6) is -0.112. The number of aryl methyl sites for hydroxylation is 2. The van der Waals surface area contributed by atoms with E-state index in [2.05, 4.69) is 51.6 Å². The van der Waals surface area contributed by atoms with Crippen molar-refractivity contribution in [1.82, 2.24) is 15.0 Å². The maximum Gasteiger partial charge on any atom is 0.258 e. The Hall–Kier alpha value is -4.39. The average molecular weight is 620 g/mol. The van der Waals surface area contributed by atoms with Crippen LogP contribution >= 0.6 is 0 Å². The standard InChI is InChI=1S/C39H49N5O2/c1-3-5-7-9-11-14-20-30-22-18-26-33(28-30)36(45)42-38-40-35(32-24-16-13-17-25-32)41-39(44-38)43-37(46)34-27-19-23-31(29-34)21-15-12-10-8-6-4-2/h13,16-19,22-29H,3-12,14-15,20-21H2,1-2H3,(H2,40,41,42,43,44,45,46). The maximum atomic E-state index is 13.3. The second kappa shape index (κ2) is 19.2. The van der Waals surface area contributed by atoms with E-state index in [9.17, 15) is 9.59 Å². The van der Waals surface area contributed by atoms with Gasteiger partial charge in [-0.05, 0) is 61.1 Å². The minimum Gasteiger partial charge on any atom is -0.290 e. The van der Waals surface area contributed by atoms with Crippen LogP contribution in [0.1, 0.15) is 123 Å². The molecule has 0 aliphatic heterocycles. The number of carbonyl (C=O) groups is 2. The molecule has 1 aromatic heterocycles. The molecule has 2 amide bonds. The third-order valence-corrected chi connectivity index (χ3v) is 8.13. The first-order valence-corrected chi connectivity index (χ1v) is 17.2. The summed E-state index contributed by atoms with van der Waals surface area (Å²) in [4.78, 5) is 40.1. The van der Waals surface area contributed by atoms with Crippen LogP contribution < -0.4 is 10.6 Å². The van der Waals surface area contributed by atoms with Crippen LogP contribution in [0.5, 0.6) is 0 Å². The van der Waals surface area contributed by atoms with E-state index in [1.165, 1.54) is 64.2 Å². The van der Waals surface area contributed by atoms with E-state index in [0.29, 0.717) is 17.0 Å². The summed E-state index contributed by atoms with van der Waals surface area (Å²) >= 11 is 0. The van der Waals surface area contributed by atoms with Crippen molar-refractivity contribution in [3.8, 4) is 11.4 Å². The third kappa shape index (κ3) is 11.5. The first-order valence-electron chi connectivity index (χ1n) is 17.2. The average Bonchev–Trinajstić information content (AvgIpc) is 3.08. The van der Waals surface area contributed by atoms with E-state index in [4.69, 9.17) is 0 Å². The summed E-state index contributed by atoms with van der Waals surface area (Å²) in [5, 5.41) is 5.67. The highest BCUT2D eigenvalue weighted by Gasteiger charge is 2.16. The SMILES string of the molecule is CCCCCCCCc1cccc(C(=O)Nc2nc(NC(=O)c3cccc(CCCCCCCC)c3)nc(-c3ccccc3)n2)c1. The van der Waals surface area contributed by atoms with Crippen molar-refractivity contribution in [3.05, 3.63) is 101 Å². The summed E-state index contributed by atoms with van der Waals surface area (Å²) in [7, 11) is 0. The molecule has 242 valence electrons. The number of aromatic nitrogens is 3.